The highest BCUT2D eigenvalue weighted by molar-refractivity contribution is 6.72. The Morgan fingerprint density at radius 3 is 1.81 bits per heavy atom. The number of rotatable bonds is 11. The lowest BCUT2D eigenvalue weighted by atomic mass is 9.97. The highest BCUT2D eigenvalue weighted by atomic mass is 28.4. The van der Waals surface area contributed by atoms with Crippen molar-refractivity contribution < 1.29 is 33.4 Å². The molecule has 0 amide bonds. The van der Waals surface area contributed by atoms with Gasteiger partial charge in [0.2, 0.25) is 0 Å². The van der Waals surface area contributed by atoms with Gasteiger partial charge in [-0.2, -0.15) is 0 Å². The van der Waals surface area contributed by atoms with Crippen LogP contribution in [0.3, 0.4) is 0 Å². The van der Waals surface area contributed by atoms with Crippen molar-refractivity contribution >= 4 is 26.2 Å². The first kappa shape index (κ1) is 25.3. The van der Waals surface area contributed by atoms with Crippen LogP contribution in [0, 0.1) is 0 Å². The van der Waals surface area contributed by atoms with Crippen LogP contribution in [-0.2, 0) is 28.6 Å². The van der Waals surface area contributed by atoms with Crippen LogP contribution in [0.5, 0.6) is 0 Å². The fraction of sp³-hybridized carbons (Fsp3) is 0.737. The molecule has 27 heavy (non-hydrogen) atoms. The van der Waals surface area contributed by atoms with Crippen LogP contribution >= 0.6 is 0 Å². The third-order valence-electron chi connectivity index (χ3n) is 5.16. The van der Waals surface area contributed by atoms with Gasteiger partial charge in [0.05, 0.1) is 33.3 Å². The third kappa shape index (κ3) is 8.26. The predicted octanol–water partition coefficient (Wildman–Crippen LogP) is 3.12. The summed E-state index contributed by atoms with van der Waals surface area (Å²) in [4.78, 5) is 46.1. The SMILES string of the molecule is COC(=O)C/C(C(=O)OC)=C(\CCCCCC(C)(C)[Si](C)(C)O)C(=O)OC. The number of carbonyl (C=O) groups excluding carboxylic acids is 3. The van der Waals surface area contributed by atoms with Gasteiger partial charge in [-0.15, -0.1) is 0 Å². The number of ether oxygens (including phenoxy) is 3. The Balaban J connectivity index is 5.12. The maximum Gasteiger partial charge on any atom is 0.334 e. The smallest absolute Gasteiger partial charge is 0.334 e. The lowest BCUT2D eigenvalue weighted by Crippen LogP contribution is -2.38. The first-order valence-electron chi connectivity index (χ1n) is 9.09. The molecule has 0 aliphatic carbocycles. The van der Waals surface area contributed by atoms with E-state index in [9.17, 15) is 19.2 Å². The minimum absolute atomic E-state index is 0.0274. The number of unbranched alkanes of at least 4 members (excludes halogenated alkanes) is 2. The molecule has 156 valence electrons. The second-order valence-corrected chi connectivity index (χ2v) is 12.2. The van der Waals surface area contributed by atoms with Crippen LogP contribution in [0.4, 0.5) is 0 Å². The van der Waals surface area contributed by atoms with Crippen molar-refractivity contribution in [2.45, 2.75) is 70.5 Å². The zero-order chi connectivity index (χ0) is 21.3. The summed E-state index contributed by atoms with van der Waals surface area (Å²) in [6.45, 7) is 8.01. The molecule has 8 heteroatoms. The van der Waals surface area contributed by atoms with Gasteiger partial charge in [-0.05, 0) is 37.4 Å². The van der Waals surface area contributed by atoms with Crippen LogP contribution in [0.2, 0.25) is 18.1 Å². The van der Waals surface area contributed by atoms with E-state index in [2.05, 4.69) is 18.6 Å². The van der Waals surface area contributed by atoms with Gasteiger partial charge in [-0.25, -0.2) is 9.59 Å². The second-order valence-electron chi connectivity index (χ2n) is 7.70. The second kappa shape index (κ2) is 11.2. The molecule has 1 N–H and O–H groups in total. The van der Waals surface area contributed by atoms with Crippen LogP contribution < -0.4 is 0 Å². The molecule has 0 aromatic rings. The highest BCUT2D eigenvalue weighted by Crippen LogP contribution is 2.40. The molecule has 0 aliphatic rings. The van der Waals surface area contributed by atoms with Gasteiger partial charge in [0, 0.05) is 5.57 Å². The summed E-state index contributed by atoms with van der Waals surface area (Å²) in [6.07, 6.45) is 3.20. The predicted molar refractivity (Wildman–Crippen MR) is 105 cm³/mol. The number of hydrogen-bond acceptors (Lipinski definition) is 7. The van der Waals surface area contributed by atoms with E-state index in [0.29, 0.717) is 12.8 Å². The topological polar surface area (TPSA) is 99.1 Å². The molecule has 0 saturated carbocycles. The Bertz CT molecular complexity index is 559. The number of methoxy groups -OCH3 is 3. The summed E-state index contributed by atoms with van der Waals surface area (Å²) in [6, 6.07) is 0. The molecule has 0 saturated heterocycles. The van der Waals surface area contributed by atoms with Crippen LogP contribution in [-0.4, -0.2) is 52.4 Å². The minimum Gasteiger partial charge on any atom is -0.469 e. The van der Waals surface area contributed by atoms with Crippen molar-refractivity contribution in [2.75, 3.05) is 21.3 Å². The molecule has 0 unspecified atom stereocenters. The largest absolute Gasteiger partial charge is 0.469 e. The summed E-state index contributed by atoms with van der Waals surface area (Å²) in [5.41, 5.74) is 0.117. The summed E-state index contributed by atoms with van der Waals surface area (Å²) in [5.74, 6) is -2.02. The molecular formula is C19H34O7Si. The van der Waals surface area contributed by atoms with Gasteiger partial charge in [0.15, 0.2) is 8.32 Å². The van der Waals surface area contributed by atoms with E-state index in [1.165, 1.54) is 21.3 Å². The van der Waals surface area contributed by atoms with E-state index in [-0.39, 0.29) is 22.6 Å². The Morgan fingerprint density at radius 2 is 1.37 bits per heavy atom. The highest BCUT2D eigenvalue weighted by Gasteiger charge is 2.37. The van der Waals surface area contributed by atoms with Crippen LogP contribution in [0.1, 0.15) is 52.4 Å². The average Bonchev–Trinajstić information content (AvgIpc) is 2.60. The molecule has 0 spiro atoms. The molecule has 0 aliphatic heterocycles. The first-order valence-corrected chi connectivity index (χ1v) is 12.0. The fourth-order valence-electron chi connectivity index (χ4n) is 2.49. The van der Waals surface area contributed by atoms with E-state index in [4.69, 9.17) is 9.47 Å². The summed E-state index contributed by atoms with van der Waals surface area (Å²) in [7, 11) is 1.38. The molecule has 0 aromatic carbocycles. The zero-order valence-corrected chi connectivity index (χ0v) is 18.6. The van der Waals surface area contributed by atoms with Crippen molar-refractivity contribution in [3.8, 4) is 0 Å². The van der Waals surface area contributed by atoms with Crippen molar-refractivity contribution in [3.63, 3.8) is 0 Å². The quantitative estimate of drug-likeness (QED) is 0.186. The maximum absolute atomic E-state index is 12.1. The van der Waals surface area contributed by atoms with E-state index in [1.807, 2.05) is 13.1 Å². The molecular weight excluding hydrogens is 368 g/mol. The lowest BCUT2D eigenvalue weighted by molar-refractivity contribution is -0.143. The first-order chi connectivity index (χ1) is 12.4. The number of esters is 3. The molecule has 0 rings (SSSR count). The monoisotopic (exact) mass is 402 g/mol. The summed E-state index contributed by atoms with van der Waals surface area (Å²) < 4.78 is 14.1. The average molecular weight is 403 g/mol. The van der Waals surface area contributed by atoms with Crippen molar-refractivity contribution in [3.05, 3.63) is 11.1 Å². The molecule has 0 bridgehead atoms. The fourth-order valence-corrected chi connectivity index (χ4v) is 3.28. The normalized spacial score (nSPS) is 12.9. The van der Waals surface area contributed by atoms with Crippen LogP contribution in [0.25, 0.3) is 0 Å². The molecule has 0 radical (unpaired) electrons. The molecule has 0 aromatic heterocycles. The van der Waals surface area contributed by atoms with E-state index in [0.717, 1.165) is 19.3 Å². The maximum atomic E-state index is 12.1. The van der Waals surface area contributed by atoms with E-state index < -0.39 is 26.2 Å². The van der Waals surface area contributed by atoms with E-state index >= 15 is 0 Å². The van der Waals surface area contributed by atoms with Gasteiger partial charge < -0.3 is 19.0 Å². The Kier molecular flexibility index (Phi) is 10.5. The summed E-state index contributed by atoms with van der Waals surface area (Å²) >= 11 is 0. The Hall–Kier alpha value is -1.67. The lowest BCUT2D eigenvalue weighted by Gasteiger charge is -2.35. The Labute approximate surface area is 163 Å². The minimum atomic E-state index is -2.25. The van der Waals surface area contributed by atoms with Crippen molar-refractivity contribution in [2.24, 2.45) is 0 Å². The molecule has 0 atom stereocenters. The van der Waals surface area contributed by atoms with Gasteiger partial charge in [-0.3, -0.25) is 4.79 Å². The standard InChI is InChI=1S/C19H34O7Si/c1-19(2,27(6,7)23)12-10-8-9-11-14(17(21)25-4)15(18(22)26-5)13-16(20)24-3/h23H,8-13H2,1-7H3/b15-14-. The molecule has 0 heterocycles. The van der Waals surface area contributed by atoms with Crippen molar-refractivity contribution in [1.29, 1.82) is 0 Å². The number of carbonyl (C=O) groups is 3. The summed E-state index contributed by atoms with van der Waals surface area (Å²) in [5, 5.41) is -0.101. The van der Waals surface area contributed by atoms with Gasteiger partial charge in [0.25, 0.3) is 0 Å². The van der Waals surface area contributed by atoms with E-state index in [1.54, 1.807) is 0 Å². The Morgan fingerprint density at radius 1 is 0.852 bits per heavy atom. The van der Waals surface area contributed by atoms with Gasteiger partial charge in [0.1, 0.15) is 0 Å². The van der Waals surface area contributed by atoms with Gasteiger partial charge in [-0.1, -0.05) is 26.7 Å². The molecule has 7 nitrogen and oxygen atoms in total. The third-order valence-corrected chi connectivity index (χ3v) is 8.72. The number of hydrogen-bond donors (Lipinski definition) is 1. The zero-order valence-electron chi connectivity index (χ0n) is 17.6. The van der Waals surface area contributed by atoms with Crippen molar-refractivity contribution in [1.82, 2.24) is 0 Å². The molecule has 0 fully saturated rings. The van der Waals surface area contributed by atoms with Gasteiger partial charge >= 0.3 is 17.9 Å². The van der Waals surface area contributed by atoms with Crippen LogP contribution in [0.15, 0.2) is 11.1 Å².